The molecule has 0 N–H and O–H groups in total. The maximum absolute atomic E-state index is 3.09. The van der Waals surface area contributed by atoms with E-state index in [2.05, 4.69) is 24.0 Å². The monoisotopic (exact) mass is 120 g/mol. The summed E-state index contributed by atoms with van der Waals surface area (Å²) in [6, 6.07) is 0. The van der Waals surface area contributed by atoms with Gasteiger partial charge in [-0.05, 0) is 25.7 Å². The molecule has 1 unspecified atom stereocenters. The van der Waals surface area contributed by atoms with E-state index in [1.165, 1.54) is 12.8 Å². The summed E-state index contributed by atoms with van der Waals surface area (Å²) in [5, 5.41) is 0. The second-order valence-electron chi connectivity index (χ2n) is 2.40. The third-order valence-corrected chi connectivity index (χ3v) is 1.65. The van der Waals surface area contributed by atoms with E-state index in [0.717, 1.165) is 12.3 Å². The van der Waals surface area contributed by atoms with Crippen LogP contribution in [0.25, 0.3) is 0 Å². The van der Waals surface area contributed by atoms with Gasteiger partial charge in [-0.25, -0.2) is 0 Å². The number of allylic oxidation sites excluding steroid dienone is 2. The average molecular weight is 120 g/mol. The second kappa shape index (κ2) is 3.35. The van der Waals surface area contributed by atoms with E-state index in [4.69, 9.17) is 0 Å². The lowest BCUT2D eigenvalue weighted by Crippen LogP contribution is -1.87. The van der Waals surface area contributed by atoms with Gasteiger partial charge in [0.05, 0.1) is 0 Å². The van der Waals surface area contributed by atoms with Gasteiger partial charge in [0.1, 0.15) is 0 Å². The Kier molecular flexibility index (Phi) is 2.39. The average Bonchev–Trinajstić information content (AvgIpc) is 2.34. The first kappa shape index (κ1) is 6.42. The maximum Gasteiger partial charge on any atom is 0.0152 e. The molecule has 1 rings (SSSR count). The molecule has 0 aliphatic heterocycles. The molecule has 0 aromatic rings. The molecule has 0 bridgehead atoms. The minimum Gasteiger partial charge on any atom is -0.107 e. The Morgan fingerprint density at radius 1 is 1.67 bits per heavy atom. The van der Waals surface area contributed by atoms with E-state index < -0.39 is 0 Å². The summed E-state index contributed by atoms with van der Waals surface area (Å²) < 4.78 is 0. The highest BCUT2D eigenvalue weighted by molar-refractivity contribution is 5.04. The number of hydrogen-bond donors (Lipinski definition) is 0. The molecule has 0 heterocycles. The van der Waals surface area contributed by atoms with Crippen molar-refractivity contribution >= 4 is 0 Å². The van der Waals surface area contributed by atoms with Crippen LogP contribution in [-0.2, 0) is 0 Å². The molecule has 0 radical (unpaired) electrons. The largest absolute Gasteiger partial charge is 0.107 e. The third-order valence-electron chi connectivity index (χ3n) is 1.65. The molecule has 0 aromatic heterocycles. The van der Waals surface area contributed by atoms with Gasteiger partial charge in [0.25, 0.3) is 0 Å². The van der Waals surface area contributed by atoms with Gasteiger partial charge in [0, 0.05) is 6.42 Å². The van der Waals surface area contributed by atoms with Crippen LogP contribution in [0.1, 0.15) is 26.2 Å². The van der Waals surface area contributed by atoms with Gasteiger partial charge >= 0.3 is 0 Å². The van der Waals surface area contributed by atoms with Gasteiger partial charge in [0.2, 0.25) is 0 Å². The van der Waals surface area contributed by atoms with E-state index in [9.17, 15) is 0 Å². The SMILES string of the molecule is CC#CCC1C=CCC1. The minimum atomic E-state index is 0.762. The molecule has 48 valence electrons. The summed E-state index contributed by atoms with van der Waals surface area (Å²) in [7, 11) is 0. The quantitative estimate of drug-likeness (QED) is 0.368. The first-order valence-electron chi connectivity index (χ1n) is 3.49. The van der Waals surface area contributed by atoms with Crippen LogP contribution in [0, 0.1) is 17.8 Å². The van der Waals surface area contributed by atoms with Crippen LogP contribution in [-0.4, -0.2) is 0 Å². The standard InChI is InChI=1S/C9H12/c1-2-3-6-9-7-4-5-8-9/h4,7,9H,5-6,8H2,1H3. The van der Waals surface area contributed by atoms with Crippen molar-refractivity contribution in [2.75, 3.05) is 0 Å². The molecular weight excluding hydrogens is 108 g/mol. The van der Waals surface area contributed by atoms with Crippen LogP contribution in [0.15, 0.2) is 12.2 Å². The van der Waals surface area contributed by atoms with Crippen molar-refractivity contribution in [2.24, 2.45) is 5.92 Å². The Bertz CT molecular complexity index is 155. The van der Waals surface area contributed by atoms with Gasteiger partial charge in [-0.2, -0.15) is 0 Å². The van der Waals surface area contributed by atoms with Crippen LogP contribution in [0.5, 0.6) is 0 Å². The van der Waals surface area contributed by atoms with Crippen molar-refractivity contribution < 1.29 is 0 Å². The van der Waals surface area contributed by atoms with Crippen LogP contribution in [0.3, 0.4) is 0 Å². The van der Waals surface area contributed by atoms with Gasteiger partial charge in [-0.15, -0.1) is 11.8 Å². The van der Waals surface area contributed by atoms with Gasteiger partial charge in [-0.1, -0.05) is 12.2 Å². The molecule has 0 nitrogen and oxygen atoms in total. The first-order chi connectivity index (χ1) is 4.43. The molecule has 0 spiro atoms. The number of hydrogen-bond acceptors (Lipinski definition) is 0. The Hall–Kier alpha value is -0.700. The highest BCUT2D eigenvalue weighted by Crippen LogP contribution is 2.19. The second-order valence-corrected chi connectivity index (χ2v) is 2.40. The summed E-state index contributed by atoms with van der Waals surface area (Å²) in [4.78, 5) is 0. The Morgan fingerprint density at radius 3 is 3.11 bits per heavy atom. The van der Waals surface area contributed by atoms with E-state index >= 15 is 0 Å². The summed E-state index contributed by atoms with van der Waals surface area (Å²) in [6.07, 6.45) is 8.17. The molecule has 0 aromatic carbocycles. The zero-order valence-corrected chi connectivity index (χ0v) is 5.85. The predicted molar refractivity (Wildman–Crippen MR) is 39.9 cm³/mol. The van der Waals surface area contributed by atoms with Gasteiger partial charge in [0.15, 0.2) is 0 Å². The molecule has 1 atom stereocenters. The first-order valence-corrected chi connectivity index (χ1v) is 3.49. The summed E-state index contributed by atoms with van der Waals surface area (Å²) in [5.74, 6) is 6.76. The Balaban J connectivity index is 2.25. The molecule has 9 heavy (non-hydrogen) atoms. The lowest BCUT2D eigenvalue weighted by molar-refractivity contribution is 0.653. The zero-order valence-electron chi connectivity index (χ0n) is 5.85. The topological polar surface area (TPSA) is 0 Å². The molecule has 0 saturated heterocycles. The predicted octanol–water partition coefficient (Wildman–Crippen LogP) is 2.37. The van der Waals surface area contributed by atoms with Crippen molar-refractivity contribution in [3.8, 4) is 11.8 Å². The Morgan fingerprint density at radius 2 is 2.56 bits per heavy atom. The van der Waals surface area contributed by atoms with Crippen LogP contribution in [0.4, 0.5) is 0 Å². The van der Waals surface area contributed by atoms with E-state index in [1.807, 2.05) is 6.92 Å². The van der Waals surface area contributed by atoms with Gasteiger partial charge in [-0.3, -0.25) is 0 Å². The van der Waals surface area contributed by atoms with Crippen molar-refractivity contribution in [1.29, 1.82) is 0 Å². The highest BCUT2D eigenvalue weighted by atomic mass is 14.1. The van der Waals surface area contributed by atoms with E-state index in [0.29, 0.717) is 0 Å². The summed E-state index contributed by atoms with van der Waals surface area (Å²) >= 11 is 0. The smallest absolute Gasteiger partial charge is 0.0152 e. The molecule has 1 aliphatic rings. The fraction of sp³-hybridized carbons (Fsp3) is 0.556. The van der Waals surface area contributed by atoms with Crippen molar-refractivity contribution in [2.45, 2.75) is 26.2 Å². The van der Waals surface area contributed by atoms with Crippen LogP contribution >= 0.6 is 0 Å². The maximum atomic E-state index is 3.09. The molecule has 0 saturated carbocycles. The number of rotatable bonds is 1. The van der Waals surface area contributed by atoms with Crippen molar-refractivity contribution in [3.63, 3.8) is 0 Å². The fourth-order valence-electron chi connectivity index (χ4n) is 1.10. The highest BCUT2D eigenvalue weighted by Gasteiger charge is 2.05. The molecule has 0 fully saturated rings. The Labute approximate surface area is 57.0 Å². The molecule has 0 heteroatoms. The molecular formula is C9H12. The summed E-state index contributed by atoms with van der Waals surface area (Å²) in [5.41, 5.74) is 0. The lowest BCUT2D eigenvalue weighted by atomic mass is 10.1. The molecule has 1 aliphatic carbocycles. The minimum absolute atomic E-state index is 0.762. The van der Waals surface area contributed by atoms with Crippen LogP contribution in [0.2, 0.25) is 0 Å². The van der Waals surface area contributed by atoms with E-state index in [1.54, 1.807) is 0 Å². The van der Waals surface area contributed by atoms with Crippen molar-refractivity contribution in [3.05, 3.63) is 12.2 Å². The van der Waals surface area contributed by atoms with E-state index in [-0.39, 0.29) is 0 Å². The fourth-order valence-corrected chi connectivity index (χ4v) is 1.10. The van der Waals surface area contributed by atoms with Gasteiger partial charge < -0.3 is 0 Å². The third kappa shape index (κ3) is 1.93. The lowest BCUT2D eigenvalue weighted by Gasteiger charge is -1.97. The molecule has 0 amide bonds. The zero-order chi connectivity index (χ0) is 6.53. The summed E-state index contributed by atoms with van der Waals surface area (Å²) in [6.45, 7) is 1.90. The normalized spacial score (nSPS) is 23.4. The van der Waals surface area contributed by atoms with Crippen LogP contribution < -0.4 is 0 Å². The van der Waals surface area contributed by atoms with Crippen molar-refractivity contribution in [1.82, 2.24) is 0 Å².